The lowest BCUT2D eigenvalue weighted by atomic mass is 10.2. The molecule has 0 bridgehead atoms. The molecule has 2 rings (SSSR count). The van der Waals surface area contributed by atoms with Crippen LogP contribution in [-0.4, -0.2) is 37.0 Å². The molecule has 1 aromatic heterocycles. The summed E-state index contributed by atoms with van der Waals surface area (Å²) >= 11 is 0. The van der Waals surface area contributed by atoms with Gasteiger partial charge in [-0.2, -0.15) is 5.10 Å². The zero-order valence-electron chi connectivity index (χ0n) is 15.3. The van der Waals surface area contributed by atoms with Crippen molar-refractivity contribution in [3.8, 4) is 17.2 Å². The normalized spacial score (nSPS) is 10.8. The van der Waals surface area contributed by atoms with Gasteiger partial charge in [-0.05, 0) is 19.9 Å². The van der Waals surface area contributed by atoms with Gasteiger partial charge >= 0.3 is 0 Å². The number of rotatable bonds is 6. The molecule has 1 amide bonds. The highest BCUT2D eigenvalue weighted by Gasteiger charge is 2.14. The van der Waals surface area contributed by atoms with Crippen LogP contribution in [0.3, 0.4) is 0 Å². The lowest BCUT2D eigenvalue weighted by Crippen LogP contribution is -2.08. The molecule has 0 unspecified atom stereocenters. The number of nitrogens with zero attached hydrogens (tertiary/aromatic N) is 2. The Balaban J connectivity index is 2.21. The van der Waals surface area contributed by atoms with Gasteiger partial charge in [0.25, 0.3) is 0 Å². The number of hydrogen-bond acceptors (Lipinski definition) is 5. The van der Waals surface area contributed by atoms with E-state index in [9.17, 15) is 4.79 Å². The molecule has 1 heterocycles. The lowest BCUT2D eigenvalue weighted by Gasteiger charge is -2.14. The Morgan fingerprint density at radius 3 is 2.16 bits per heavy atom. The first-order valence-electron chi connectivity index (χ1n) is 7.70. The zero-order valence-corrected chi connectivity index (χ0v) is 15.3. The van der Waals surface area contributed by atoms with Crippen molar-refractivity contribution in [1.29, 1.82) is 0 Å². The largest absolute Gasteiger partial charge is 0.493 e. The molecule has 0 fully saturated rings. The summed E-state index contributed by atoms with van der Waals surface area (Å²) in [4.78, 5) is 12.2. The maximum atomic E-state index is 12.2. The number of carbonyl (C=O) groups is 1. The first-order valence-corrected chi connectivity index (χ1v) is 7.70. The molecule has 2 aromatic rings. The number of carbonyl (C=O) groups excluding carboxylic acids is 1. The van der Waals surface area contributed by atoms with Crippen molar-refractivity contribution in [2.75, 3.05) is 26.6 Å². The summed E-state index contributed by atoms with van der Waals surface area (Å²) in [5.41, 5.74) is 3.34. The van der Waals surface area contributed by atoms with Crippen LogP contribution in [0.25, 0.3) is 6.08 Å². The van der Waals surface area contributed by atoms with Gasteiger partial charge in [0.05, 0.1) is 27.0 Å². The quantitative estimate of drug-likeness (QED) is 0.815. The highest BCUT2D eigenvalue weighted by Crippen LogP contribution is 2.39. The summed E-state index contributed by atoms with van der Waals surface area (Å²) in [6.07, 6.45) is 3.23. The summed E-state index contributed by atoms with van der Waals surface area (Å²) in [6, 6.07) is 3.35. The predicted octanol–water partition coefficient (Wildman–Crippen LogP) is 2.71. The van der Waals surface area contributed by atoms with Crippen LogP contribution in [0.2, 0.25) is 0 Å². The van der Waals surface area contributed by atoms with Crippen LogP contribution in [0.1, 0.15) is 17.0 Å². The second kappa shape index (κ2) is 7.74. The van der Waals surface area contributed by atoms with Crippen LogP contribution < -0.4 is 19.5 Å². The topological polar surface area (TPSA) is 74.6 Å². The van der Waals surface area contributed by atoms with Gasteiger partial charge in [0.1, 0.15) is 0 Å². The Morgan fingerprint density at radius 2 is 1.72 bits per heavy atom. The maximum Gasteiger partial charge on any atom is 0.248 e. The number of anilines is 1. The third-order valence-electron chi connectivity index (χ3n) is 3.90. The molecule has 1 aromatic carbocycles. The monoisotopic (exact) mass is 345 g/mol. The van der Waals surface area contributed by atoms with Gasteiger partial charge in [-0.3, -0.25) is 9.48 Å². The van der Waals surface area contributed by atoms with E-state index in [0.29, 0.717) is 22.9 Å². The number of aromatic nitrogens is 2. The summed E-state index contributed by atoms with van der Waals surface area (Å²) in [5.74, 6) is 1.15. The molecule has 0 saturated carbocycles. The van der Waals surface area contributed by atoms with Crippen molar-refractivity contribution < 1.29 is 19.0 Å². The van der Waals surface area contributed by atoms with E-state index in [0.717, 1.165) is 17.0 Å². The number of methoxy groups -OCH3 is 3. The summed E-state index contributed by atoms with van der Waals surface area (Å²) in [6.45, 7) is 3.86. The Bertz CT molecular complexity index is 784. The molecular weight excluding hydrogens is 322 g/mol. The smallest absolute Gasteiger partial charge is 0.248 e. The SMILES string of the molecule is COc1cc(NC(=O)/C=C/c2c(C)nn(C)c2C)cc(OC)c1OC. The number of benzene rings is 1. The fourth-order valence-corrected chi connectivity index (χ4v) is 2.53. The van der Waals surface area contributed by atoms with Crippen LogP contribution in [0.4, 0.5) is 5.69 Å². The zero-order chi connectivity index (χ0) is 18.6. The van der Waals surface area contributed by atoms with Gasteiger partial charge in [0, 0.05) is 42.2 Å². The molecule has 0 atom stereocenters. The fourth-order valence-electron chi connectivity index (χ4n) is 2.53. The van der Waals surface area contributed by atoms with Gasteiger partial charge in [-0.15, -0.1) is 0 Å². The lowest BCUT2D eigenvalue weighted by molar-refractivity contribution is -0.111. The van der Waals surface area contributed by atoms with Gasteiger partial charge in [0.15, 0.2) is 11.5 Å². The van der Waals surface area contributed by atoms with Crippen molar-refractivity contribution in [2.24, 2.45) is 7.05 Å². The molecule has 0 spiro atoms. The highest BCUT2D eigenvalue weighted by molar-refractivity contribution is 6.02. The Kier molecular flexibility index (Phi) is 5.69. The van der Waals surface area contributed by atoms with Crippen molar-refractivity contribution in [3.63, 3.8) is 0 Å². The molecule has 25 heavy (non-hydrogen) atoms. The van der Waals surface area contributed by atoms with E-state index in [4.69, 9.17) is 14.2 Å². The van der Waals surface area contributed by atoms with Gasteiger partial charge < -0.3 is 19.5 Å². The summed E-state index contributed by atoms with van der Waals surface area (Å²) < 4.78 is 17.6. The van der Waals surface area contributed by atoms with Crippen molar-refractivity contribution in [2.45, 2.75) is 13.8 Å². The van der Waals surface area contributed by atoms with Gasteiger partial charge in [0.2, 0.25) is 11.7 Å². The molecule has 0 aliphatic carbocycles. The minimum absolute atomic E-state index is 0.267. The Hall–Kier alpha value is -2.96. The number of ether oxygens (including phenoxy) is 3. The standard InChI is InChI=1S/C18H23N3O4/c1-11-14(12(2)21(3)20-11)7-8-17(22)19-13-9-15(23-4)18(25-6)16(10-13)24-5/h7-10H,1-6H3,(H,19,22)/b8-7+. The predicted molar refractivity (Wildman–Crippen MR) is 96.4 cm³/mol. The number of nitrogens with one attached hydrogen (secondary N) is 1. The minimum atomic E-state index is -0.267. The average Bonchev–Trinajstić information content (AvgIpc) is 2.84. The van der Waals surface area contributed by atoms with Crippen molar-refractivity contribution in [3.05, 3.63) is 35.2 Å². The molecule has 0 aliphatic heterocycles. The number of amides is 1. The Morgan fingerprint density at radius 1 is 1.12 bits per heavy atom. The molecule has 0 radical (unpaired) electrons. The summed E-state index contributed by atoms with van der Waals surface area (Å²) in [7, 11) is 6.45. The third kappa shape index (κ3) is 3.93. The summed E-state index contributed by atoms with van der Waals surface area (Å²) in [5, 5.41) is 7.11. The first kappa shape index (κ1) is 18.4. The Labute approximate surface area is 147 Å². The fraction of sp³-hybridized carbons (Fsp3) is 0.333. The van der Waals surface area contributed by atoms with Crippen LogP contribution >= 0.6 is 0 Å². The van der Waals surface area contributed by atoms with Crippen LogP contribution in [0, 0.1) is 13.8 Å². The van der Waals surface area contributed by atoms with Crippen LogP contribution in [0.15, 0.2) is 18.2 Å². The molecule has 134 valence electrons. The second-order valence-corrected chi connectivity index (χ2v) is 5.44. The number of hydrogen-bond donors (Lipinski definition) is 1. The molecule has 0 aliphatic rings. The van der Waals surface area contributed by atoms with Gasteiger partial charge in [-0.1, -0.05) is 0 Å². The van der Waals surface area contributed by atoms with E-state index >= 15 is 0 Å². The first-order chi connectivity index (χ1) is 11.9. The molecular formula is C18H23N3O4. The molecule has 1 N–H and O–H groups in total. The third-order valence-corrected chi connectivity index (χ3v) is 3.90. The minimum Gasteiger partial charge on any atom is -0.493 e. The van der Waals surface area contributed by atoms with Crippen molar-refractivity contribution >= 4 is 17.7 Å². The van der Waals surface area contributed by atoms with E-state index in [1.165, 1.54) is 27.4 Å². The van der Waals surface area contributed by atoms with E-state index in [1.54, 1.807) is 22.9 Å². The second-order valence-electron chi connectivity index (χ2n) is 5.44. The van der Waals surface area contributed by atoms with Gasteiger partial charge in [-0.25, -0.2) is 0 Å². The van der Waals surface area contributed by atoms with Crippen molar-refractivity contribution in [1.82, 2.24) is 9.78 Å². The van der Waals surface area contributed by atoms with Crippen LogP contribution in [-0.2, 0) is 11.8 Å². The van der Waals surface area contributed by atoms with E-state index in [2.05, 4.69) is 10.4 Å². The molecule has 7 nitrogen and oxygen atoms in total. The van der Waals surface area contributed by atoms with E-state index < -0.39 is 0 Å². The van der Waals surface area contributed by atoms with Crippen LogP contribution in [0.5, 0.6) is 17.2 Å². The maximum absolute atomic E-state index is 12.2. The average molecular weight is 345 g/mol. The molecule has 7 heteroatoms. The highest BCUT2D eigenvalue weighted by atomic mass is 16.5. The van der Waals surface area contributed by atoms with E-state index in [1.807, 2.05) is 20.9 Å². The number of aryl methyl sites for hydroxylation is 2. The molecule has 0 saturated heterocycles. The van der Waals surface area contributed by atoms with E-state index in [-0.39, 0.29) is 5.91 Å².